The Hall–Kier alpha value is -1.88. The maximum absolute atomic E-state index is 6.08. The van der Waals surface area contributed by atoms with Gasteiger partial charge in [-0.05, 0) is 67.6 Å². The van der Waals surface area contributed by atoms with Crippen molar-refractivity contribution < 1.29 is 4.74 Å². The molecule has 1 unspecified atom stereocenters. The molecule has 1 atom stereocenters. The number of aromatic nitrogens is 1. The van der Waals surface area contributed by atoms with Crippen molar-refractivity contribution in [3.05, 3.63) is 68.8 Å². The molecule has 27 heavy (non-hydrogen) atoms. The van der Waals surface area contributed by atoms with Gasteiger partial charge in [-0.3, -0.25) is 0 Å². The standard InChI is InChI=1S/C22H23ClN2OS/c1-15-10-16(2)12-19(11-15)24-22-25(13-20-4-3-9-26-20)21(14-27-22)17-5-7-18(23)8-6-17/h5-8,10-12,14,20H,3-4,9,13H2,1-2H3. The number of benzene rings is 2. The monoisotopic (exact) mass is 398 g/mol. The first-order valence-electron chi connectivity index (χ1n) is 9.27. The molecule has 3 nitrogen and oxygen atoms in total. The van der Waals surface area contributed by atoms with Crippen molar-refractivity contribution in [1.82, 2.24) is 4.57 Å². The highest BCUT2D eigenvalue weighted by Crippen LogP contribution is 2.25. The molecule has 140 valence electrons. The van der Waals surface area contributed by atoms with E-state index in [1.165, 1.54) is 11.1 Å². The Bertz CT molecular complexity index is 978. The molecule has 1 aromatic heterocycles. The van der Waals surface area contributed by atoms with Crippen LogP contribution in [0.15, 0.2) is 52.8 Å². The van der Waals surface area contributed by atoms with Crippen LogP contribution in [0, 0.1) is 13.8 Å². The summed E-state index contributed by atoms with van der Waals surface area (Å²) in [5, 5.41) is 2.93. The molecular weight excluding hydrogens is 376 g/mol. The average molecular weight is 399 g/mol. The van der Waals surface area contributed by atoms with Crippen molar-refractivity contribution >= 4 is 28.6 Å². The van der Waals surface area contributed by atoms with Crippen LogP contribution in [0.1, 0.15) is 24.0 Å². The van der Waals surface area contributed by atoms with Gasteiger partial charge in [0.15, 0.2) is 4.80 Å². The predicted molar refractivity (Wildman–Crippen MR) is 113 cm³/mol. The number of thiazole rings is 1. The number of hydrogen-bond acceptors (Lipinski definition) is 3. The summed E-state index contributed by atoms with van der Waals surface area (Å²) in [5.74, 6) is 0. The molecule has 2 heterocycles. The van der Waals surface area contributed by atoms with Crippen molar-refractivity contribution in [2.45, 2.75) is 39.3 Å². The highest BCUT2D eigenvalue weighted by molar-refractivity contribution is 7.07. The fourth-order valence-electron chi connectivity index (χ4n) is 3.56. The molecule has 1 aliphatic heterocycles. The Labute approximate surface area is 168 Å². The lowest BCUT2D eigenvalue weighted by Crippen LogP contribution is -2.24. The van der Waals surface area contributed by atoms with Gasteiger partial charge in [0.25, 0.3) is 0 Å². The summed E-state index contributed by atoms with van der Waals surface area (Å²) in [6.45, 7) is 5.90. The van der Waals surface area contributed by atoms with E-state index in [1.807, 2.05) is 12.1 Å². The van der Waals surface area contributed by atoms with Gasteiger partial charge in [0.2, 0.25) is 0 Å². The Kier molecular flexibility index (Phi) is 5.48. The molecule has 0 amide bonds. The summed E-state index contributed by atoms with van der Waals surface area (Å²) in [7, 11) is 0. The maximum Gasteiger partial charge on any atom is 0.190 e. The molecule has 4 rings (SSSR count). The summed E-state index contributed by atoms with van der Waals surface area (Å²) < 4.78 is 8.19. The van der Waals surface area contributed by atoms with Crippen molar-refractivity contribution in [2.24, 2.45) is 4.99 Å². The topological polar surface area (TPSA) is 26.5 Å². The van der Waals surface area contributed by atoms with Crippen LogP contribution >= 0.6 is 22.9 Å². The van der Waals surface area contributed by atoms with Crippen molar-refractivity contribution in [2.75, 3.05) is 6.61 Å². The smallest absolute Gasteiger partial charge is 0.190 e. The number of halogens is 1. The lowest BCUT2D eigenvalue weighted by Gasteiger charge is -2.14. The predicted octanol–water partition coefficient (Wildman–Crippen LogP) is 5.90. The molecule has 1 aliphatic rings. The van der Waals surface area contributed by atoms with Gasteiger partial charge in [-0.25, -0.2) is 4.99 Å². The van der Waals surface area contributed by atoms with Gasteiger partial charge in [-0.15, -0.1) is 11.3 Å². The third kappa shape index (κ3) is 4.34. The number of rotatable bonds is 4. The number of aryl methyl sites for hydroxylation is 2. The van der Waals surface area contributed by atoms with Crippen LogP contribution in [0.5, 0.6) is 0 Å². The summed E-state index contributed by atoms with van der Waals surface area (Å²) in [4.78, 5) is 5.97. The van der Waals surface area contributed by atoms with Crippen molar-refractivity contribution in [3.63, 3.8) is 0 Å². The van der Waals surface area contributed by atoms with Crippen LogP contribution in [0.25, 0.3) is 11.3 Å². The zero-order valence-corrected chi connectivity index (χ0v) is 17.2. The second-order valence-corrected chi connectivity index (χ2v) is 8.39. The van der Waals surface area contributed by atoms with E-state index in [0.717, 1.165) is 52.8 Å². The minimum absolute atomic E-state index is 0.254. The summed E-state index contributed by atoms with van der Waals surface area (Å²) in [6.07, 6.45) is 2.49. The lowest BCUT2D eigenvalue weighted by atomic mass is 10.1. The highest BCUT2D eigenvalue weighted by atomic mass is 35.5. The van der Waals surface area contributed by atoms with Crippen LogP contribution in [-0.4, -0.2) is 17.3 Å². The van der Waals surface area contributed by atoms with E-state index in [9.17, 15) is 0 Å². The Morgan fingerprint density at radius 1 is 1.15 bits per heavy atom. The maximum atomic E-state index is 6.08. The minimum atomic E-state index is 0.254. The van der Waals surface area contributed by atoms with Crippen LogP contribution in [-0.2, 0) is 11.3 Å². The fourth-order valence-corrected chi connectivity index (χ4v) is 4.63. The van der Waals surface area contributed by atoms with Crippen LogP contribution < -0.4 is 4.80 Å². The van der Waals surface area contributed by atoms with E-state index in [-0.39, 0.29) is 6.10 Å². The fraction of sp³-hybridized carbons (Fsp3) is 0.318. The molecule has 0 radical (unpaired) electrons. The van der Waals surface area contributed by atoms with Gasteiger partial charge in [0.1, 0.15) is 0 Å². The number of ether oxygens (including phenoxy) is 1. The Morgan fingerprint density at radius 2 is 1.89 bits per heavy atom. The summed E-state index contributed by atoms with van der Waals surface area (Å²) in [6, 6.07) is 14.4. The molecule has 0 aliphatic carbocycles. The molecule has 0 spiro atoms. The molecule has 2 aromatic carbocycles. The molecule has 1 fully saturated rings. The van der Waals surface area contributed by atoms with E-state index in [0.29, 0.717) is 0 Å². The third-order valence-corrected chi connectivity index (χ3v) is 5.89. The quantitative estimate of drug-likeness (QED) is 0.537. The largest absolute Gasteiger partial charge is 0.376 e. The van der Waals surface area contributed by atoms with Crippen LogP contribution in [0.2, 0.25) is 5.02 Å². The molecule has 0 saturated carbocycles. The second-order valence-electron chi connectivity index (χ2n) is 7.11. The van der Waals surface area contributed by atoms with Gasteiger partial charge >= 0.3 is 0 Å². The van der Waals surface area contributed by atoms with Crippen LogP contribution in [0.4, 0.5) is 5.69 Å². The first-order valence-corrected chi connectivity index (χ1v) is 10.5. The molecule has 1 saturated heterocycles. The zero-order chi connectivity index (χ0) is 18.8. The average Bonchev–Trinajstić information content (AvgIpc) is 3.26. The van der Waals surface area contributed by atoms with E-state index in [4.69, 9.17) is 21.3 Å². The zero-order valence-electron chi connectivity index (χ0n) is 15.6. The SMILES string of the molecule is Cc1cc(C)cc(N=c2scc(-c3ccc(Cl)cc3)n2CC2CCCO2)c1. The van der Waals surface area contributed by atoms with Gasteiger partial charge in [0.05, 0.1) is 24.0 Å². The highest BCUT2D eigenvalue weighted by Gasteiger charge is 2.19. The van der Waals surface area contributed by atoms with Gasteiger partial charge in [-0.2, -0.15) is 0 Å². The molecule has 5 heteroatoms. The first kappa shape index (κ1) is 18.5. The van der Waals surface area contributed by atoms with Gasteiger partial charge < -0.3 is 9.30 Å². The number of hydrogen-bond donors (Lipinski definition) is 0. The van der Waals surface area contributed by atoms with Gasteiger partial charge in [0, 0.05) is 17.0 Å². The number of nitrogens with zero attached hydrogens (tertiary/aromatic N) is 2. The Balaban J connectivity index is 1.80. The normalized spacial score (nSPS) is 17.6. The minimum Gasteiger partial charge on any atom is -0.376 e. The molecule has 0 N–H and O–H groups in total. The van der Waals surface area contributed by atoms with Crippen molar-refractivity contribution in [3.8, 4) is 11.3 Å². The van der Waals surface area contributed by atoms with Crippen LogP contribution in [0.3, 0.4) is 0 Å². The molecule has 3 aromatic rings. The second kappa shape index (κ2) is 8.01. The van der Waals surface area contributed by atoms with E-state index >= 15 is 0 Å². The van der Waals surface area contributed by atoms with E-state index in [1.54, 1.807) is 11.3 Å². The molecular formula is C22H23ClN2OS. The van der Waals surface area contributed by atoms with E-state index in [2.05, 4.69) is 54.1 Å². The summed E-state index contributed by atoms with van der Waals surface area (Å²) >= 11 is 7.75. The third-order valence-electron chi connectivity index (χ3n) is 4.78. The lowest BCUT2D eigenvalue weighted by molar-refractivity contribution is 0.0968. The summed E-state index contributed by atoms with van der Waals surface area (Å²) in [5.41, 5.74) is 5.77. The van der Waals surface area contributed by atoms with Gasteiger partial charge in [-0.1, -0.05) is 29.8 Å². The molecule has 0 bridgehead atoms. The first-order chi connectivity index (χ1) is 13.1. The Morgan fingerprint density at radius 3 is 2.56 bits per heavy atom. The van der Waals surface area contributed by atoms with E-state index < -0.39 is 0 Å². The van der Waals surface area contributed by atoms with Crippen molar-refractivity contribution in [1.29, 1.82) is 0 Å².